The van der Waals surface area contributed by atoms with E-state index in [1.807, 2.05) is 13.8 Å². The van der Waals surface area contributed by atoms with Crippen molar-refractivity contribution in [3.63, 3.8) is 0 Å². The van der Waals surface area contributed by atoms with Crippen LogP contribution >= 0.6 is 11.8 Å². The van der Waals surface area contributed by atoms with Gasteiger partial charge in [0.2, 0.25) is 41.4 Å². The summed E-state index contributed by atoms with van der Waals surface area (Å²) in [7, 11) is 0. The number of thioether (sulfide) groups is 1. The van der Waals surface area contributed by atoms with Gasteiger partial charge in [-0.25, -0.2) is 0 Å². The highest BCUT2D eigenvalue weighted by molar-refractivity contribution is 7.98. The maximum Gasteiger partial charge on any atom is 0.322 e. The fourth-order valence-corrected chi connectivity index (χ4v) is 5.56. The maximum absolute atomic E-state index is 13.8. The molecule has 21 nitrogen and oxygen atoms in total. The van der Waals surface area contributed by atoms with Gasteiger partial charge in [-0.1, -0.05) is 27.7 Å². The second kappa shape index (κ2) is 26.7. The van der Waals surface area contributed by atoms with Gasteiger partial charge < -0.3 is 65.0 Å². The summed E-state index contributed by atoms with van der Waals surface area (Å²) in [6, 6.07) is -7.66. The van der Waals surface area contributed by atoms with Crippen LogP contribution in [0.25, 0.3) is 0 Å². The minimum absolute atomic E-state index is 0.0613. The molecule has 7 atom stereocenters. The molecular weight excluding hydrogens is 742 g/mol. The van der Waals surface area contributed by atoms with Gasteiger partial charge in [0.1, 0.15) is 43.0 Å². The Hall–Kier alpha value is -4.09. The third kappa shape index (κ3) is 22.2. The van der Waals surface area contributed by atoms with Crippen molar-refractivity contribution in [1.29, 1.82) is 0 Å². The van der Waals surface area contributed by atoms with Gasteiger partial charge in [0.25, 0.3) is 0 Å². The van der Waals surface area contributed by atoms with Crippen LogP contribution < -0.4 is 60.2 Å². The Morgan fingerprint density at radius 3 is 1.55 bits per heavy atom. The number of aliphatic carboxylic acids is 1. The Morgan fingerprint density at radius 1 is 0.655 bits per heavy atom. The Balaban J connectivity index is 6.24. The minimum atomic E-state index is -1.53. The molecule has 0 aliphatic heterocycles. The first-order valence-electron chi connectivity index (χ1n) is 18.1. The Kier molecular flexibility index (Phi) is 24.7. The van der Waals surface area contributed by atoms with Crippen molar-refractivity contribution in [2.75, 3.05) is 25.1 Å². The number of aliphatic hydroxyl groups excluding tert-OH is 1. The Morgan fingerprint density at radius 2 is 1.11 bits per heavy atom. The number of hydrogen-bond acceptors (Lipinski definition) is 14. The van der Waals surface area contributed by atoms with E-state index in [4.69, 9.17) is 28.0 Å². The van der Waals surface area contributed by atoms with Crippen LogP contribution in [-0.2, 0) is 38.4 Å². The van der Waals surface area contributed by atoms with Crippen LogP contribution in [0.3, 0.4) is 0 Å². The summed E-state index contributed by atoms with van der Waals surface area (Å²) in [6.45, 7) is 7.95. The molecule has 0 bridgehead atoms. The standard InChI is InChI=1S/C33H63N11O10S/c1-16(2)12-22(42-28(50)20(8-7-10-38-33(36)37)40-27(49)19(34)14-24(35)46)30(52)41-21(9-11-55-6)29(51)43-23(13-17(3)4)31(53)44-26(18(5)45)32(54)39-15-25(47)48/h16-23,26,33,38,45H,7-15,34,36-37H2,1-6H3,(H2,35,46)(H,39,54)(H,40,49)(H,41,52)(H,42,50)(H,43,51)(H,44,53)(H,47,48)/t18-,19+,20+,21+,22+,23+,26+/m1/s1. The topological polar surface area (TPSA) is 365 Å². The summed E-state index contributed by atoms with van der Waals surface area (Å²) in [5.41, 5.74) is 22.0. The summed E-state index contributed by atoms with van der Waals surface area (Å²) in [4.78, 5) is 102. The lowest BCUT2D eigenvalue weighted by atomic mass is 10.0. The zero-order valence-corrected chi connectivity index (χ0v) is 33.3. The molecule has 0 saturated heterocycles. The number of amides is 7. The van der Waals surface area contributed by atoms with Crippen molar-refractivity contribution in [3.05, 3.63) is 0 Å². The van der Waals surface area contributed by atoms with Crippen LogP contribution in [-0.4, -0.2) is 131 Å². The molecule has 0 unspecified atom stereocenters. The highest BCUT2D eigenvalue weighted by Crippen LogP contribution is 2.11. The lowest BCUT2D eigenvalue weighted by Crippen LogP contribution is -2.60. The molecule has 0 heterocycles. The van der Waals surface area contributed by atoms with Crippen molar-refractivity contribution < 1.29 is 48.6 Å². The molecule has 0 saturated carbocycles. The molecule has 0 aliphatic rings. The SMILES string of the molecule is CSCC[C@H](NC(=O)[C@H](CC(C)C)NC(=O)[C@H](CCCNC(N)N)NC(=O)[C@@H](N)CC(N)=O)C(=O)N[C@@H](CC(C)C)C(=O)N[C@H](C(=O)NCC(=O)O)[C@@H](C)O. The zero-order valence-electron chi connectivity index (χ0n) is 32.5. The smallest absolute Gasteiger partial charge is 0.322 e. The number of primary amides is 1. The molecule has 7 amide bonds. The van der Waals surface area contributed by atoms with Crippen LogP contribution in [0.1, 0.15) is 73.1 Å². The number of nitrogens with one attached hydrogen (secondary N) is 7. The van der Waals surface area contributed by atoms with Gasteiger partial charge in [-0.15, -0.1) is 0 Å². The number of hydrogen-bond donors (Lipinski definition) is 13. The molecule has 0 fully saturated rings. The maximum atomic E-state index is 13.8. The number of nitrogens with two attached hydrogens (primary N) is 4. The van der Waals surface area contributed by atoms with E-state index in [2.05, 4.69) is 37.2 Å². The Labute approximate surface area is 326 Å². The quantitative estimate of drug-likeness (QED) is 0.0262. The van der Waals surface area contributed by atoms with Crippen molar-refractivity contribution in [2.45, 2.75) is 122 Å². The summed E-state index contributed by atoms with van der Waals surface area (Å²) >= 11 is 1.39. The average Bonchev–Trinajstić information content (AvgIpc) is 3.07. The van der Waals surface area contributed by atoms with E-state index < -0.39 is 109 Å². The highest BCUT2D eigenvalue weighted by atomic mass is 32.2. The van der Waals surface area contributed by atoms with Crippen molar-refractivity contribution in [3.8, 4) is 0 Å². The first-order valence-corrected chi connectivity index (χ1v) is 19.5. The van der Waals surface area contributed by atoms with Gasteiger partial charge in [-0.2, -0.15) is 11.8 Å². The van der Waals surface area contributed by atoms with Gasteiger partial charge in [0.05, 0.1) is 18.6 Å². The predicted molar refractivity (Wildman–Crippen MR) is 205 cm³/mol. The molecule has 0 aromatic heterocycles. The molecule has 0 spiro atoms. The molecule has 55 heavy (non-hydrogen) atoms. The molecule has 316 valence electrons. The van der Waals surface area contributed by atoms with E-state index >= 15 is 0 Å². The number of carbonyl (C=O) groups excluding carboxylic acids is 7. The van der Waals surface area contributed by atoms with E-state index in [0.29, 0.717) is 12.2 Å². The second-order valence-electron chi connectivity index (χ2n) is 14.0. The average molecular weight is 806 g/mol. The van der Waals surface area contributed by atoms with E-state index in [0.717, 1.165) is 0 Å². The van der Waals surface area contributed by atoms with Gasteiger partial charge in [0, 0.05) is 0 Å². The predicted octanol–water partition coefficient (Wildman–Crippen LogP) is -4.39. The van der Waals surface area contributed by atoms with Crippen LogP contribution in [0.15, 0.2) is 0 Å². The minimum Gasteiger partial charge on any atom is -0.480 e. The molecule has 0 rings (SSSR count). The summed E-state index contributed by atoms with van der Waals surface area (Å²) in [6.07, 6.45) is -0.206. The first kappa shape index (κ1) is 50.9. The number of carboxylic acids is 1. The van der Waals surface area contributed by atoms with Crippen molar-refractivity contribution in [2.24, 2.45) is 34.8 Å². The molecule has 0 aliphatic carbocycles. The van der Waals surface area contributed by atoms with Crippen LogP contribution in [0, 0.1) is 11.8 Å². The summed E-state index contributed by atoms with van der Waals surface area (Å²) in [5, 5.41) is 36.8. The number of aliphatic hydroxyl groups is 1. The van der Waals surface area contributed by atoms with Gasteiger partial charge in [-0.05, 0) is 69.4 Å². The largest absolute Gasteiger partial charge is 0.480 e. The normalized spacial score (nSPS) is 15.1. The van der Waals surface area contributed by atoms with Gasteiger partial charge in [0.15, 0.2) is 0 Å². The molecule has 0 aromatic carbocycles. The van der Waals surface area contributed by atoms with Gasteiger partial charge in [-0.3, -0.25) is 43.7 Å². The molecule has 22 heteroatoms. The number of rotatable bonds is 28. The molecule has 0 radical (unpaired) electrons. The number of carboxylic acid groups (broad SMARTS) is 1. The van der Waals surface area contributed by atoms with Crippen LogP contribution in [0.2, 0.25) is 0 Å². The Bertz CT molecular complexity index is 1290. The lowest BCUT2D eigenvalue weighted by Gasteiger charge is -2.28. The molecule has 0 aromatic rings. The van der Waals surface area contributed by atoms with E-state index in [9.17, 15) is 43.5 Å². The van der Waals surface area contributed by atoms with Crippen LogP contribution in [0.4, 0.5) is 0 Å². The second-order valence-corrected chi connectivity index (χ2v) is 15.0. The van der Waals surface area contributed by atoms with Crippen LogP contribution in [0.5, 0.6) is 0 Å². The van der Waals surface area contributed by atoms with E-state index in [1.165, 1.54) is 18.7 Å². The van der Waals surface area contributed by atoms with Gasteiger partial charge >= 0.3 is 5.97 Å². The zero-order chi connectivity index (χ0) is 42.4. The van der Waals surface area contributed by atoms with E-state index in [1.54, 1.807) is 20.1 Å². The monoisotopic (exact) mass is 805 g/mol. The summed E-state index contributed by atoms with van der Waals surface area (Å²) in [5.74, 6) is -6.81. The van der Waals surface area contributed by atoms with Crippen molar-refractivity contribution >= 4 is 59.1 Å². The third-order valence-electron chi connectivity index (χ3n) is 7.84. The molecular formula is C33H63N11O10S. The van der Waals surface area contributed by atoms with Crippen molar-refractivity contribution in [1.82, 2.24) is 37.2 Å². The lowest BCUT2D eigenvalue weighted by molar-refractivity contribution is -0.139. The third-order valence-corrected chi connectivity index (χ3v) is 8.48. The highest BCUT2D eigenvalue weighted by Gasteiger charge is 2.34. The fraction of sp³-hybridized carbons (Fsp3) is 0.758. The number of carbonyl (C=O) groups is 8. The summed E-state index contributed by atoms with van der Waals surface area (Å²) < 4.78 is 0. The molecule has 17 N–H and O–H groups in total. The first-order chi connectivity index (χ1) is 25.6. The fourth-order valence-electron chi connectivity index (χ4n) is 5.09. The van der Waals surface area contributed by atoms with E-state index in [-0.39, 0.29) is 44.1 Å².